The summed E-state index contributed by atoms with van der Waals surface area (Å²) in [5.41, 5.74) is 1.02. The summed E-state index contributed by atoms with van der Waals surface area (Å²) in [4.78, 5) is 16.2. The molecule has 1 aliphatic heterocycles. The van der Waals surface area contributed by atoms with Gasteiger partial charge in [-0.3, -0.25) is 9.10 Å². The first-order valence-corrected chi connectivity index (χ1v) is 9.39. The van der Waals surface area contributed by atoms with Gasteiger partial charge in [0.1, 0.15) is 5.82 Å². The summed E-state index contributed by atoms with van der Waals surface area (Å²) in [7, 11) is -3.21. The van der Waals surface area contributed by atoms with E-state index in [2.05, 4.69) is 26.2 Å². The quantitative estimate of drug-likeness (QED) is 0.865. The molecule has 1 saturated heterocycles. The van der Waals surface area contributed by atoms with Crippen LogP contribution in [-0.2, 0) is 10.0 Å². The van der Waals surface area contributed by atoms with Gasteiger partial charge in [-0.15, -0.1) is 0 Å². The van der Waals surface area contributed by atoms with Crippen LogP contribution in [0.15, 0.2) is 47.1 Å². The summed E-state index contributed by atoms with van der Waals surface area (Å²) in [6.07, 6.45) is 2.22. The van der Waals surface area contributed by atoms with Crippen LogP contribution in [0.4, 0.5) is 11.5 Å². The first-order valence-electron chi connectivity index (χ1n) is 6.99. The van der Waals surface area contributed by atoms with Crippen LogP contribution in [0.25, 0.3) is 0 Å². The van der Waals surface area contributed by atoms with Gasteiger partial charge in [0.15, 0.2) is 0 Å². The number of nitrogens with zero attached hydrogens (tertiary/aromatic N) is 2. The summed E-state index contributed by atoms with van der Waals surface area (Å²) < 4.78 is 26.0. The molecule has 2 heterocycles. The molecule has 0 saturated carbocycles. The Bertz CT molecular complexity index is 820. The summed E-state index contributed by atoms with van der Waals surface area (Å²) in [5, 5.41) is 2.69. The SMILES string of the molecule is O=C(Nc1ccc(Br)cn1)c1ccc(N2CCCS2(=O)=O)cc1. The highest BCUT2D eigenvalue weighted by molar-refractivity contribution is 9.10. The average Bonchev–Trinajstić information content (AvgIpc) is 2.89. The molecule has 1 aromatic heterocycles. The molecule has 6 nitrogen and oxygen atoms in total. The van der Waals surface area contributed by atoms with E-state index in [1.165, 1.54) is 4.31 Å². The van der Waals surface area contributed by atoms with Crippen LogP contribution in [0.3, 0.4) is 0 Å². The number of nitrogens with one attached hydrogen (secondary N) is 1. The van der Waals surface area contributed by atoms with Crippen LogP contribution in [0.5, 0.6) is 0 Å². The fourth-order valence-corrected chi connectivity index (χ4v) is 4.15. The third-order valence-electron chi connectivity index (χ3n) is 3.49. The van der Waals surface area contributed by atoms with Crippen LogP contribution < -0.4 is 9.62 Å². The van der Waals surface area contributed by atoms with Crippen LogP contribution in [0.1, 0.15) is 16.8 Å². The van der Waals surface area contributed by atoms with Crippen molar-refractivity contribution < 1.29 is 13.2 Å². The molecular weight excluding hydrogens is 382 g/mol. The highest BCUT2D eigenvalue weighted by atomic mass is 79.9. The number of hydrogen-bond donors (Lipinski definition) is 1. The second-order valence-corrected chi connectivity index (χ2v) is 8.03. The molecular formula is C15H14BrN3O3S. The predicted octanol–water partition coefficient (Wildman–Crippen LogP) is 2.64. The van der Waals surface area contributed by atoms with E-state index in [-0.39, 0.29) is 11.7 Å². The number of rotatable bonds is 3. The normalized spacial score (nSPS) is 16.3. The van der Waals surface area contributed by atoms with Crippen molar-refractivity contribution in [2.45, 2.75) is 6.42 Å². The van der Waals surface area contributed by atoms with Gasteiger partial charge in [-0.1, -0.05) is 0 Å². The maximum absolute atomic E-state index is 12.2. The van der Waals surface area contributed by atoms with Crippen molar-refractivity contribution in [1.29, 1.82) is 0 Å². The van der Waals surface area contributed by atoms with E-state index in [0.29, 0.717) is 30.0 Å². The van der Waals surface area contributed by atoms with Crippen LogP contribution in [0.2, 0.25) is 0 Å². The average molecular weight is 396 g/mol. The number of benzene rings is 1. The van der Waals surface area contributed by atoms with E-state index in [1.807, 2.05) is 0 Å². The Morgan fingerprint density at radius 2 is 1.91 bits per heavy atom. The standard InChI is InChI=1S/C15H14BrN3O3S/c16-12-4-7-14(17-10-12)18-15(20)11-2-5-13(6-3-11)19-8-1-9-23(19,21)22/h2-7,10H,1,8-9H2,(H,17,18,20). The van der Waals surface area contributed by atoms with Crippen LogP contribution >= 0.6 is 15.9 Å². The third kappa shape index (κ3) is 3.53. The largest absolute Gasteiger partial charge is 0.307 e. The Labute approximate surface area is 142 Å². The van der Waals surface area contributed by atoms with E-state index in [9.17, 15) is 13.2 Å². The van der Waals surface area contributed by atoms with E-state index in [0.717, 1.165) is 4.47 Å². The number of sulfonamides is 1. The Morgan fingerprint density at radius 1 is 1.17 bits per heavy atom. The number of halogens is 1. The van der Waals surface area contributed by atoms with Gasteiger partial charge >= 0.3 is 0 Å². The highest BCUT2D eigenvalue weighted by Crippen LogP contribution is 2.24. The van der Waals surface area contributed by atoms with Crippen molar-refractivity contribution in [3.8, 4) is 0 Å². The number of hydrogen-bond acceptors (Lipinski definition) is 4. The topological polar surface area (TPSA) is 79.4 Å². The van der Waals surface area contributed by atoms with Gasteiger partial charge in [0.05, 0.1) is 11.4 Å². The third-order valence-corrected chi connectivity index (χ3v) is 5.82. The van der Waals surface area contributed by atoms with Crippen molar-refractivity contribution in [2.24, 2.45) is 0 Å². The molecule has 0 aliphatic carbocycles. The fraction of sp³-hybridized carbons (Fsp3) is 0.200. The van der Waals surface area contributed by atoms with E-state index in [4.69, 9.17) is 0 Å². The zero-order valence-corrected chi connectivity index (χ0v) is 14.5. The molecule has 0 unspecified atom stereocenters. The zero-order chi connectivity index (χ0) is 16.4. The maximum atomic E-state index is 12.2. The van der Waals surface area contributed by atoms with E-state index >= 15 is 0 Å². The lowest BCUT2D eigenvalue weighted by atomic mass is 10.2. The molecule has 1 N–H and O–H groups in total. The number of aromatic nitrogens is 1. The smallest absolute Gasteiger partial charge is 0.256 e. The van der Waals surface area contributed by atoms with Crippen LogP contribution in [-0.4, -0.2) is 31.6 Å². The number of pyridine rings is 1. The zero-order valence-electron chi connectivity index (χ0n) is 12.1. The molecule has 1 aliphatic rings. The lowest BCUT2D eigenvalue weighted by Gasteiger charge is -2.17. The monoisotopic (exact) mass is 395 g/mol. The molecule has 2 aromatic rings. The van der Waals surface area contributed by atoms with E-state index in [1.54, 1.807) is 42.6 Å². The van der Waals surface area contributed by atoms with Crippen LogP contribution in [0, 0.1) is 0 Å². The molecule has 0 spiro atoms. The van der Waals surface area contributed by atoms with Crippen molar-refractivity contribution in [2.75, 3.05) is 21.9 Å². The molecule has 8 heteroatoms. The van der Waals surface area contributed by atoms with Crippen molar-refractivity contribution in [1.82, 2.24) is 4.98 Å². The Kier molecular flexibility index (Phi) is 4.36. The lowest BCUT2D eigenvalue weighted by molar-refractivity contribution is 0.102. The minimum Gasteiger partial charge on any atom is -0.307 e. The first-order chi connectivity index (χ1) is 11.0. The van der Waals surface area contributed by atoms with E-state index < -0.39 is 10.0 Å². The molecule has 0 atom stereocenters. The maximum Gasteiger partial charge on any atom is 0.256 e. The molecule has 120 valence electrons. The first kappa shape index (κ1) is 15.9. The Balaban J connectivity index is 1.74. The predicted molar refractivity (Wildman–Crippen MR) is 92.1 cm³/mol. The van der Waals surface area contributed by atoms with Gasteiger partial charge in [0.2, 0.25) is 10.0 Å². The molecule has 0 bridgehead atoms. The van der Waals surface area contributed by atoms with Gasteiger partial charge in [0, 0.05) is 22.8 Å². The minimum absolute atomic E-state index is 0.171. The number of amides is 1. The molecule has 23 heavy (non-hydrogen) atoms. The van der Waals surface area contributed by atoms with Crippen molar-refractivity contribution in [3.63, 3.8) is 0 Å². The Hall–Kier alpha value is -1.93. The molecule has 1 amide bonds. The van der Waals surface area contributed by atoms with Gasteiger partial charge < -0.3 is 5.32 Å². The molecule has 0 radical (unpaired) electrons. The molecule has 3 rings (SSSR count). The summed E-state index contributed by atoms with van der Waals surface area (Å²) in [6.45, 7) is 0.483. The fourth-order valence-electron chi connectivity index (χ4n) is 2.35. The highest BCUT2D eigenvalue weighted by Gasteiger charge is 2.28. The van der Waals surface area contributed by atoms with Gasteiger partial charge in [-0.2, -0.15) is 0 Å². The van der Waals surface area contributed by atoms with Crippen molar-refractivity contribution in [3.05, 3.63) is 52.6 Å². The van der Waals surface area contributed by atoms with Gasteiger partial charge in [0.25, 0.3) is 5.91 Å². The Morgan fingerprint density at radius 3 is 2.48 bits per heavy atom. The minimum atomic E-state index is -3.21. The second kappa shape index (κ2) is 6.29. The van der Waals surface area contributed by atoms with Gasteiger partial charge in [-0.05, 0) is 58.7 Å². The van der Waals surface area contributed by atoms with Crippen molar-refractivity contribution >= 4 is 43.4 Å². The number of carbonyl (C=O) groups is 1. The number of anilines is 2. The molecule has 1 aromatic carbocycles. The van der Waals surface area contributed by atoms with Gasteiger partial charge in [-0.25, -0.2) is 13.4 Å². The summed E-state index contributed by atoms with van der Waals surface area (Å²) in [5.74, 6) is 0.324. The molecule has 1 fully saturated rings. The second-order valence-electron chi connectivity index (χ2n) is 5.10. The summed E-state index contributed by atoms with van der Waals surface area (Å²) in [6, 6.07) is 9.98. The summed E-state index contributed by atoms with van der Waals surface area (Å²) >= 11 is 3.28. The number of carbonyl (C=O) groups excluding carboxylic acids is 1. The lowest BCUT2D eigenvalue weighted by Crippen LogP contribution is -2.25.